The lowest BCUT2D eigenvalue weighted by molar-refractivity contribution is 0.419. The smallest absolute Gasteiger partial charge is 0.131 e. The third kappa shape index (κ3) is 1.31. The maximum Gasteiger partial charge on any atom is 0.131 e. The van der Waals surface area contributed by atoms with Crippen LogP contribution >= 0.6 is 0 Å². The summed E-state index contributed by atoms with van der Waals surface area (Å²) in [6.07, 6.45) is 1.63. The molecule has 0 aliphatic carbocycles. The number of halogens is 1. The lowest BCUT2D eigenvalue weighted by atomic mass is 10.1. The summed E-state index contributed by atoms with van der Waals surface area (Å²) < 4.78 is 18.5. The standard InChI is InChI=1S/C11H10FNO/c1-7-5-8-9(6-13-7)11(14-2)4-3-10(8)12/h3-6H,1-2H3. The monoisotopic (exact) mass is 191 g/mol. The molecule has 0 aliphatic rings. The highest BCUT2D eigenvalue weighted by Gasteiger charge is 2.06. The molecule has 1 heterocycles. The molecule has 0 radical (unpaired) electrons. The number of aromatic nitrogens is 1. The Morgan fingerprint density at radius 2 is 2.07 bits per heavy atom. The third-order valence-electron chi connectivity index (χ3n) is 2.16. The molecule has 2 nitrogen and oxygen atoms in total. The minimum absolute atomic E-state index is 0.244. The zero-order valence-electron chi connectivity index (χ0n) is 8.04. The fourth-order valence-corrected chi connectivity index (χ4v) is 1.46. The zero-order chi connectivity index (χ0) is 10.1. The SMILES string of the molecule is COc1ccc(F)c2cc(C)ncc12. The average Bonchev–Trinajstić information content (AvgIpc) is 2.19. The number of hydrogen-bond acceptors (Lipinski definition) is 2. The van der Waals surface area contributed by atoms with Gasteiger partial charge in [0, 0.05) is 22.7 Å². The van der Waals surface area contributed by atoms with E-state index in [0.29, 0.717) is 16.5 Å². The van der Waals surface area contributed by atoms with Crippen LogP contribution in [0.15, 0.2) is 24.4 Å². The Morgan fingerprint density at radius 1 is 1.29 bits per heavy atom. The highest BCUT2D eigenvalue weighted by molar-refractivity contribution is 5.88. The van der Waals surface area contributed by atoms with Crippen molar-refractivity contribution in [1.82, 2.24) is 4.98 Å². The molecule has 0 aliphatic heterocycles. The second-order valence-corrected chi connectivity index (χ2v) is 3.12. The van der Waals surface area contributed by atoms with Gasteiger partial charge >= 0.3 is 0 Å². The van der Waals surface area contributed by atoms with Crippen LogP contribution in [0.2, 0.25) is 0 Å². The van der Waals surface area contributed by atoms with Gasteiger partial charge in [-0.3, -0.25) is 4.98 Å². The molecule has 0 saturated carbocycles. The molecule has 0 spiro atoms. The fourth-order valence-electron chi connectivity index (χ4n) is 1.46. The number of aryl methyl sites for hydroxylation is 1. The summed E-state index contributed by atoms with van der Waals surface area (Å²) in [7, 11) is 1.56. The lowest BCUT2D eigenvalue weighted by Crippen LogP contribution is -1.89. The first-order chi connectivity index (χ1) is 6.72. The molecule has 72 valence electrons. The van der Waals surface area contributed by atoms with Gasteiger partial charge in [0.15, 0.2) is 0 Å². The van der Waals surface area contributed by atoms with Crippen molar-refractivity contribution >= 4 is 10.8 Å². The van der Waals surface area contributed by atoms with Crippen LogP contribution in [-0.4, -0.2) is 12.1 Å². The highest BCUT2D eigenvalue weighted by atomic mass is 19.1. The average molecular weight is 191 g/mol. The lowest BCUT2D eigenvalue weighted by Gasteiger charge is -2.05. The number of hydrogen-bond donors (Lipinski definition) is 0. The van der Waals surface area contributed by atoms with Crippen LogP contribution < -0.4 is 4.74 Å². The molecule has 14 heavy (non-hydrogen) atoms. The number of pyridine rings is 1. The van der Waals surface area contributed by atoms with E-state index in [1.54, 1.807) is 25.4 Å². The van der Waals surface area contributed by atoms with E-state index in [1.807, 2.05) is 6.92 Å². The fraction of sp³-hybridized carbons (Fsp3) is 0.182. The van der Waals surface area contributed by atoms with Gasteiger partial charge in [0.1, 0.15) is 11.6 Å². The van der Waals surface area contributed by atoms with E-state index in [0.717, 1.165) is 5.69 Å². The molecular formula is C11H10FNO. The number of benzene rings is 1. The van der Waals surface area contributed by atoms with E-state index in [9.17, 15) is 4.39 Å². The van der Waals surface area contributed by atoms with Gasteiger partial charge < -0.3 is 4.74 Å². The van der Waals surface area contributed by atoms with Crippen LogP contribution in [0.5, 0.6) is 5.75 Å². The number of methoxy groups -OCH3 is 1. The number of fused-ring (bicyclic) bond motifs is 1. The summed E-state index contributed by atoms with van der Waals surface area (Å²) in [6, 6.07) is 4.72. The van der Waals surface area contributed by atoms with E-state index < -0.39 is 0 Å². The van der Waals surface area contributed by atoms with E-state index in [2.05, 4.69) is 4.98 Å². The van der Waals surface area contributed by atoms with Gasteiger partial charge in [0.2, 0.25) is 0 Å². The van der Waals surface area contributed by atoms with Crippen LogP contribution in [0, 0.1) is 12.7 Å². The molecular weight excluding hydrogens is 181 g/mol. The first-order valence-corrected chi connectivity index (χ1v) is 4.31. The molecule has 0 saturated heterocycles. The van der Waals surface area contributed by atoms with Gasteiger partial charge in [-0.25, -0.2) is 4.39 Å². The predicted octanol–water partition coefficient (Wildman–Crippen LogP) is 2.69. The largest absolute Gasteiger partial charge is 0.496 e. The van der Waals surface area contributed by atoms with Gasteiger partial charge in [0.25, 0.3) is 0 Å². The van der Waals surface area contributed by atoms with E-state index in [-0.39, 0.29) is 5.82 Å². The highest BCUT2D eigenvalue weighted by Crippen LogP contribution is 2.27. The Kier molecular flexibility index (Phi) is 2.08. The normalized spacial score (nSPS) is 10.5. The Balaban J connectivity index is 2.84. The molecule has 0 amide bonds. The predicted molar refractivity (Wildman–Crippen MR) is 53.0 cm³/mol. The summed E-state index contributed by atoms with van der Waals surface area (Å²) in [4.78, 5) is 4.11. The summed E-state index contributed by atoms with van der Waals surface area (Å²) in [5.41, 5.74) is 0.796. The summed E-state index contributed by atoms with van der Waals surface area (Å²) in [6.45, 7) is 1.83. The van der Waals surface area contributed by atoms with Crippen molar-refractivity contribution in [2.75, 3.05) is 7.11 Å². The summed E-state index contributed by atoms with van der Waals surface area (Å²) in [5, 5.41) is 1.26. The first kappa shape index (κ1) is 8.94. The third-order valence-corrected chi connectivity index (χ3v) is 2.16. The Bertz CT molecular complexity index is 482. The topological polar surface area (TPSA) is 22.1 Å². The molecule has 0 atom stereocenters. The van der Waals surface area contributed by atoms with Crippen LogP contribution in [0.25, 0.3) is 10.8 Å². The minimum Gasteiger partial charge on any atom is -0.496 e. The van der Waals surface area contributed by atoms with Crippen molar-refractivity contribution in [2.24, 2.45) is 0 Å². The van der Waals surface area contributed by atoms with Crippen molar-refractivity contribution in [3.63, 3.8) is 0 Å². The molecule has 1 aromatic heterocycles. The van der Waals surface area contributed by atoms with Crippen LogP contribution in [-0.2, 0) is 0 Å². The molecule has 0 N–H and O–H groups in total. The van der Waals surface area contributed by atoms with Gasteiger partial charge in [-0.15, -0.1) is 0 Å². The molecule has 0 fully saturated rings. The van der Waals surface area contributed by atoms with Crippen molar-refractivity contribution in [1.29, 1.82) is 0 Å². The van der Waals surface area contributed by atoms with Crippen molar-refractivity contribution in [2.45, 2.75) is 6.92 Å². The zero-order valence-corrected chi connectivity index (χ0v) is 8.04. The minimum atomic E-state index is -0.244. The number of nitrogens with zero attached hydrogens (tertiary/aromatic N) is 1. The maximum atomic E-state index is 13.4. The Morgan fingerprint density at radius 3 is 2.79 bits per heavy atom. The molecule has 3 heteroatoms. The van der Waals surface area contributed by atoms with Crippen LogP contribution in [0.1, 0.15) is 5.69 Å². The van der Waals surface area contributed by atoms with Crippen molar-refractivity contribution in [3.8, 4) is 5.75 Å². The van der Waals surface area contributed by atoms with Crippen LogP contribution in [0.4, 0.5) is 4.39 Å². The van der Waals surface area contributed by atoms with E-state index in [4.69, 9.17) is 4.74 Å². The molecule has 0 unspecified atom stereocenters. The van der Waals surface area contributed by atoms with Crippen LogP contribution in [0.3, 0.4) is 0 Å². The van der Waals surface area contributed by atoms with Gasteiger partial charge in [-0.2, -0.15) is 0 Å². The summed E-state index contributed by atoms with van der Waals surface area (Å²) in [5.74, 6) is 0.403. The second-order valence-electron chi connectivity index (χ2n) is 3.12. The maximum absolute atomic E-state index is 13.4. The molecule has 0 bridgehead atoms. The molecule has 2 aromatic rings. The van der Waals surface area contributed by atoms with Gasteiger partial charge in [-0.1, -0.05) is 0 Å². The summed E-state index contributed by atoms with van der Waals surface area (Å²) >= 11 is 0. The van der Waals surface area contributed by atoms with Crippen molar-refractivity contribution < 1.29 is 9.13 Å². The Labute approximate surface area is 81.3 Å². The number of rotatable bonds is 1. The quantitative estimate of drug-likeness (QED) is 0.691. The molecule has 2 rings (SSSR count). The molecule has 1 aromatic carbocycles. The van der Waals surface area contributed by atoms with Crippen molar-refractivity contribution in [3.05, 3.63) is 35.9 Å². The van der Waals surface area contributed by atoms with E-state index >= 15 is 0 Å². The Hall–Kier alpha value is -1.64. The number of ether oxygens (including phenoxy) is 1. The second kappa shape index (κ2) is 3.25. The van der Waals surface area contributed by atoms with Gasteiger partial charge in [0.05, 0.1) is 7.11 Å². The van der Waals surface area contributed by atoms with Gasteiger partial charge in [-0.05, 0) is 25.1 Å². The van der Waals surface area contributed by atoms with E-state index in [1.165, 1.54) is 6.07 Å². The first-order valence-electron chi connectivity index (χ1n) is 4.31.